The maximum Gasteiger partial charge on any atom is 0.336 e. The van der Waals surface area contributed by atoms with Gasteiger partial charge in [0.05, 0.1) is 5.56 Å². The van der Waals surface area contributed by atoms with Gasteiger partial charge < -0.3 is 10.0 Å². The third kappa shape index (κ3) is 3.64. The van der Waals surface area contributed by atoms with Gasteiger partial charge >= 0.3 is 5.97 Å². The molecule has 1 aromatic carbocycles. The fourth-order valence-electron chi connectivity index (χ4n) is 2.39. The predicted molar refractivity (Wildman–Crippen MR) is 81.7 cm³/mol. The number of hydrogen-bond donors (Lipinski definition) is 1. The van der Waals surface area contributed by atoms with Crippen LogP contribution in [0.4, 0.5) is 5.69 Å². The normalized spacial score (nSPS) is 18.1. The largest absolute Gasteiger partial charge is 0.478 e. The Labute approximate surface area is 127 Å². The first-order valence-electron chi connectivity index (χ1n) is 6.66. The number of carbonyl (C=O) groups excluding carboxylic acids is 2. The van der Waals surface area contributed by atoms with Gasteiger partial charge in [-0.25, -0.2) is 4.79 Å². The van der Waals surface area contributed by atoms with Crippen molar-refractivity contribution in [1.82, 2.24) is 0 Å². The highest BCUT2D eigenvalue weighted by molar-refractivity contribution is 8.13. The fourth-order valence-corrected chi connectivity index (χ4v) is 3.08. The standard InChI is InChI=1S/C15H17NO4S/c1-9-3-4-12(6-13(9)15(19)20)16-7-11(5-14(16)18)8-21-10(2)17/h3-4,6,11H,5,7-8H2,1-2H3,(H,19,20). The van der Waals surface area contributed by atoms with E-state index in [2.05, 4.69) is 0 Å². The van der Waals surface area contributed by atoms with Gasteiger partial charge in [-0.15, -0.1) is 0 Å². The highest BCUT2D eigenvalue weighted by Gasteiger charge is 2.31. The highest BCUT2D eigenvalue weighted by atomic mass is 32.2. The van der Waals surface area contributed by atoms with E-state index in [9.17, 15) is 14.4 Å². The summed E-state index contributed by atoms with van der Waals surface area (Å²) in [6, 6.07) is 5.01. The number of amides is 1. The zero-order chi connectivity index (χ0) is 15.6. The van der Waals surface area contributed by atoms with Gasteiger partial charge in [-0.3, -0.25) is 9.59 Å². The van der Waals surface area contributed by atoms with Gasteiger partial charge in [0.15, 0.2) is 5.12 Å². The molecule has 0 bridgehead atoms. The van der Waals surface area contributed by atoms with Crippen molar-refractivity contribution in [3.63, 3.8) is 0 Å². The van der Waals surface area contributed by atoms with E-state index in [4.69, 9.17) is 5.11 Å². The Bertz CT molecular complexity index is 599. The number of nitrogens with zero attached hydrogens (tertiary/aromatic N) is 1. The van der Waals surface area contributed by atoms with E-state index in [1.165, 1.54) is 24.8 Å². The highest BCUT2D eigenvalue weighted by Crippen LogP contribution is 2.28. The third-order valence-electron chi connectivity index (χ3n) is 3.49. The molecule has 0 aromatic heterocycles. The van der Waals surface area contributed by atoms with E-state index in [0.29, 0.717) is 30.0 Å². The summed E-state index contributed by atoms with van der Waals surface area (Å²) >= 11 is 1.23. The van der Waals surface area contributed by atoms with Crippen LogP contribution in [-0.4, -0.2) is 34.4 Å². The second-order valence-corrected chi connectivity index (χ2v) is 6.38. The van der Waals surface area contributed by atoms with Crippen LogP contribution < -0.4 is 4.90 Å². The number of carboxylic acids is 1. The van der Waals surface area contributed by atoms with Crippen LogP contribution in [0.2, 0.25) is 0 Å². The average molecular weight is 307 g/mol. The lowest BCUT2D eigenvalue weighted by Gasteiger charge is -2.18. The molecule has 1 unspecified atom stereocenters. The average Bonchev–Trinajstić information content (AvgIpc) is 2.78. The van der Waals surface area contributed by atoms with E-state index >= 15 is 0 Å². The molecule has 0 saturated carbocycles. The minimum atomic E-state index is -0.996. The SMILES string of the molecule is CC(=O)SCC1CC(=O)N(c2ccc(C)c(C(=O)O)c2)C1. The summed E-state index contributed by atoms with van der Waals surface area (Å²) in [5.74, 6) is -0.273. The lowest BCUT2D eigenvalue weighted by molar-refractivity contribution is -0.117. The molecule has 0 radical (unpaired) electrons. The van der Waals surface area contributed by atoms with Crippen LogP contribution in [0.5, 0.6) is 0 Å². The minimum absolute atomic E-state index is 0.0238. The first-order valence-corrected chi connectivity index (χ1v) is 7.64. The monoisotopic (exact) mass is 307 g/mol. The van der Waals surface area contributed by atoms with Crippen molar-refractivity contribution >= 4 is 34.4 Å². The van der Waals surface area contributed by atoms with Crippen molar-refractivity contribution in [3.05, 3.63) is 29.3 Å². The van der Waals surface area contributed by atoms with Gasteiger partial charge in [0.2, 0.25) is 5.91 Å². The molecular weight excluding hydrogens is 290 g/mol. The molecule has 1 aromatic rings. The summed E-state index contributed by atoms with van der Waals surface area (Å²) in [5, 5.41) is 9.20. The number of carbonyl (C=O) groups is 3. The maximum absolute atomic E-state index is 12.1. The second kappa shape index (κ2) is 6.30. The van der Waals surface area contributed by atoms with Gasteiger partial charge in [0, 0.05) is 31.3 Å². The third-order valence-corrected chi connectivity index (χ3v) is 4.54. The summed E-state index contributed by atoms with van der Waals surface area (Å²) in [5.41, 5.74) is 1.49. The van der Waals surface area contributed by atoms with E-state index in [-0.39, 0.29) is 22.5 Å². The predicted octanol–water partition coefficient (Wildman–Crippen LogP) is 2.33. The van der Waals surface area contributed by atoms with Crippen molar-refractivity contribution in [2.24, 2.45) is 5.92 Å². The summed E-state index contributed by atoms with van der Waals surface area (Å²) in [6.45, 7) is 3.77. The van der Waals surface area contributed by atoms with Crippen molar-refractivity contribution < 1.29 is 19.5 Å². The quantitative estimate of drug-likeness (QED) is 0.924. The smallest absolute Gasteiger partial charge is 0.336 e. The van der Waals surface area contributed by atoms with Gasteiger partial charge in [-0.05, 0) is 30.5 Å². The summed E-state index contributed by atoms with van der Waals surface area (Å²) in [4.78, 5) is 35.8. The summed E-state index contributed by atoms with van der Waals surface area (Å²) < 4.78 is 0. The molecule has 112 valence electrons. The number of aromatic carboxylic acids is 1. The number of rotatable bonds is 4. The van der Waals surface area contributed by atoms with Crippen LogP contribution in [0.25, 0.3) is 0 Å². The molecule has 1 heterocycles. The van der Waals surface area contributed by atoms with E-state index in [1.807, 2.05) is 0 Å². The van der Waals surface area contributed by atoms with Crippen molar-refractivity contribution in [3.8, 4) is 0 Å². The molecule has 1 amide bonds. The number of aryl methyl sites for hydroxylation is 1. The number of carboxylic acid groups (broad SMARTS) is 1. The molecule has 1 aliphatic rings. The molecule has 2 rings (SSSR count). The Morgan fingerprint density at radius 2 is 2.14 bits per heavy atom. The Kier molecular flexibility index (Phi) is 4.67. The van der Waals surface area contributed by atoms with Crippen LogP contribution in [0.15, 0.2) is 18.2 Å². The number of benzene rings is 1. The molecule has 1 atom stereocenters. The topological polar surface area (TPSA) is 74.7 Å². The van der Waals surface area contributed by atoms with Crippen LogP contribution in [0.1, 0.15) is 29.3 Å². The zero-order valence-electron chi connectivity index (χ0n) is 12.0. The zero-order valence-corrected chi connectivity index (χ0v) is 12.8. The number of anilines is 1. The van der Waals surface area contributed by atoms with Crippen LogP contribution in [0.3, 0.4) is 0 Å². The van der Waals surface area contributed by atoms with Crippen LogP contribution >= 0.6 is 11.8 Å². The molecule has 0 aliphatic carbocycles. The molecule has 1 N–H and O–H groups in total. The summed E-state index contributed by atoms with van der Waals surface area (Å²) in [6.07, 6.45) is 0.399. The van der Waals surface area contributed by atoms with Gasteiger partial charge in [0.25, 0.3) is 0 Å². The Balaban J connectivity index is 2.15. The fraction of sp³-hybridized carbons (Fsp3) is 0.400. The maximum atomic E-state index is 12.1. The Morgan fingerprint density at radius 3 is 2.76 bits per heavy atom. The summed E-state index contributed by atoms with van der Waals surface area (Å²) in [7, 11) is 0. The Hall–Kier alpha value is -1.82. The van der Waals surface area contributed by atoms with Gasteiger partial charge in [-0.1, -0.05) is 17.8 Å². The van der Waals surface area contributed by atoms with Crippen LogP contribution in [0, 0.1) is 12.8 Å². The van der Waals surface area contributed by atoms with Crippen molar-refractivity contribution in [2.45, 2.75) is 20.3 Å². The Morgan fingerprint density at radius 1 is 1.43 bits per heavy atom. The second-order valence-electron chi connectivity index (χ2n) is 5.18. The van der Waals surface area contributed by atoms with Gasteiger partial charge in [-0.2, -0.15) is 0 Å². The van der Waals surface area contributed by atoms with Gasteiger partial charge in [0.1, 0.15) is 0 Å². The van der Waals surface area contributed by atoms with Crippen molar-refractivity contribution in [2.75, 3.05) is 17.2 Å². The molecule has 1 fully saturated rings. The minimum Gasteiger partial charge on any atom is -0.478 e. The molecule has 21 heavy (non-hydrogen) atoms. The first-order chi connectivity index (χ1) is 9.88. The molecule has 5 nitrogen and oxygen atoms in total. The lowest BCUT2D eigenvalue weighted by Crippen LogP contribution is -2.25. The molecule has 6 heteroatoms. The number of thioether (sulfide) groups is 1. The van der Waals surface area contributed by atoms with E-state index < -0.39 is 5.97 Å². The first kappa shape index (κ1) is 15.6. The van der Waals surface area contributed by atoms with E-state index in [1.54, 1.807) is 24.0 Å². The molecular formula is C15H17NO4S. The number of hydrogen-bond acceptors (Lipinski definition) is 4. The van der Waals surface area contributed by atoms with Crippen molar-refractivity contribution in [1.29, 1.82) is 0 Å². The lowest BCUT2D eigenvalue weighted by atomic mass is 10.1. The molecule has 1 saturated heterocycles. The van der Waals surface area contributed by atoms with E-state index in [0.717, 1.165) is 0 Å². The van der Waals surface area contributed by atoms with Crippen LogP contribution in [-0.2, 0) is 9.59 Å². The molecule has 0 spiro atoms. The molecule has 1 aliphatic heterocycles.